The molecule has 7 heteroatoms. The number of nitrogens with one attached hydrogen (secondary N) is 1. The highest BCUT2D eigenvalue weighted by molar-refractivity contribution is 6.00. The molecule has 1 aliphatic rings. The lowest BCUT2D eigenvalue weighted by molar-refractivity contribution is -0.160. The van der Waals surface area contributed by atoms with Crippen LogP contribution in [0.4, 0.5) is 13.2 Å². The fourth-order valence-electron chi connectivity index (χ4n) is 1.61. The Morgan fingerprint density at radius 2 is 2.00 bits per heavy atom. The van der Waals surface area contributed by atoms with Crippen molar-refractivity contribution < 1.29 is 27.4 Å². The summed E-state index contributed by atoms with van der Waals surface area (Å²) in [5, 5.41) is 1.26. The smallest absolute Gasteiger partial charge is 0.454 e. The van der Waals surface area contributed by atoms with Crippen molar-refractivity contribution in [3.8, 4) is 11.5 Å². The molecule has 1 aliphatic heterocycles. The highest BCUT2D eigenvalue weighted by atomic mass is 19.4. The van der Waals surface area contributed by atoms with Crippen molar-refractivity contribution in [2.24, 2.45) is 0 Å². The van der Waals surface area contributed by atoms with Gasteiger partial charge in [0.2, 0.25) is 6.79 Å². The molecule has 18 heavy (non-hydrogen) atoms. The Bertz CT molecular complexity index is 473. The Balaban J connectivity index is 2.14. The molecule has 4 nitrogen and oxygen atoms in total. The first-order valence-corrected chi connectivity index (χ1v) is 5.15. The predicted molar refractivity (Wildman–Crippen MR) is 55.5 cm³/mol. The van der Waals surface area contributed by atoms with Crippen molar-refractivity contribution in [3.63, 3.8) is 0 Å². The van der Waals surface area contributed by atoms with E-state index in [2.05, 4.69) is 0 Å². The van der Waals surface area contributed by atoms with E-state index in [4.69, 9.17) is 9.47 Å². The summed E-state index contributed by atoms with van der Waals surface area (Å²) in [5.74, 6) is 0.175. The van der Waals surface area contributed by atoms with Crippen molar-refractivity contribution in [2.75, 3.05) is 6.79 Å². The van der Waals surface area contributed by atoms with Crippen LogP contribution < -0.4 is 14.8 Å². The van der Waals surface area contributed by atoms with Crippen LogP contribution in [0.3, 0.4) is 0 Å². The van der Waals surface area contributed by atoms with Gasteiger partial charge in [-0.25, -0.2) is 5.32 Å². The van der Waals surface area contributed by atoms with E-state index in [0.29, 0.717) is 11.5 Å². The second-order valence-electron chi connectivity index (χ2n) is 3.80. The summed E-state index contributed by atoms with van der Waals surface area (Å²) in [5.41, 5.74) is 0.142. The van der Waals surface area contributed by atoms with Gasteiger partial charge in [-0.05, 0) is 25.1 Å². The van der Waals surface area contributed by atoms with Crippen molar-refractivity contribution in [3.05, 3.63) is 23.8 Å². The minimum Gasteiger partial charge on any atom is -0.454 e. The maximum atomic E-state index is 12.1. The van der Waals surface area contributed by atoms with Crippen LogP contribution >= 0.6 is 0 Å². The molecule has 98 valence electrons. The molecule has 0 saturated heterocycles. The summed E-state index contributed by atoms with van der Waals surface area (Å²) in [6.45, 7) is 1.20. The third-order valence-electron chi connectivity index (χ3n) is 2.43. The number of rotatable bonds is 3. The summed E-state index contributed by atoms with van der Waals surface area (Å²) in [6, 6.07) is 2.92. The van der Waals surface area contributed by atoms with Crippen LogP contribution in [0.1, 0.15) is 17.3 Å². The van der Waals surface area contributed by atoms with Gasteiger partial charge in [0.15, 0.2) is 17.3 Å². The Morgan fingerprint density at radius 3 is 2.67 bits per heavy atom. The highest BCUT2D eigenvalue weighted by Gasteiger charge is 2.32. The fourth-order valence-corrected chi connectivity index (χ4v) is 1.61. The minimum atomic E-state index is -4.59. The Labute approximate surface area is 101 Å². The molecule has 0 spiro atoms. The number of fused-ring (bicyclic) bond motifs is 1. The Hall–Kier alpha value is -1.76. The van der Waals surface area contributed by atoms with Crippen molar-refractivity contribution in [1.82, 2.24) is 5.32 Å². The number of alkyl halides is 3. The Morgan fingerprint density at radius 1 is 1.33 bits per heavy atom. The molecule has 1 aromatic rings. The van der Waals surface area contributed by atoms with Crippen LogP contribution in [0, 0.1) is 0 Å². The van der Waals surface area contributed by atoms with E-state index in [-0.39, 0.29) is 12.4 Å². The van der Waals surface area contributed by atoms with Gasteiger partial charge in [0.05, 0.1) is 6.04 Å². The lowest BCUT2D eigenvalue weighted by Gasteiger charge is -2.15. The molecular formula is C11H10F3NO3. The number of carbonyl (C=O) groups is 1. The first-order valence-electron chi connectivity index (χ1n) is 5.15. The molecule has 0 aromatic heterocycles. The molecule has 0 saturated carbocycles. The molecule has 0 radical (unpaired) electrons. The number of hydrogen-bond donors (Lipinski definition) is 1. The largest absolute Gasteiger partial charge is 0.457 e. The van der Waals surface area contributed by atoms with Gasteiger partial charge in [-0.1, -0.05) is 0 Å². The van der Waals surface area contributed by atoms with Crippen LogP contribution in [0.25, 0.3) is 0 Å². The van der Waals surface area contributed by atoms with E-state index in [1.54, 1.807) is 0 Å². The average Bonchev–Trinajstić information content (AvgIpc) is 2.72. The maximum Gasteiger partial charge on any atom is 0.457 e. The first kappa shape index (κ1) is 12.7. The van der Waals surface area contributed by atoms with Gasteiger partial charge in [-0.2, -0.15) is 13.2 Å². The van der Waals surface area contributed by atoms with Gasteiger partial charge in [0.1, 0.15) is 0 Å². The molecule has 1 N–H and O–H groups in total. The summed E-state index contributed by atoms with van der Waals surface area (Å²) in [4.78, 5) is 11.8. The topological polar surface area (TPSA) is 47.6 Å². The molecule has 1 aromatic carbocycles. The van der Waals surface area contributed by atoms with Crippen molar-refractivity contribution >= 4 is 5.78 Å². The minimum absolute atomic E-state index is 0.0450. The third kappa shape index (κ3) is 2.73. The number of ketones is 1. The first-order chi connectivity index (χ1) is 8.37. The summed E-state index contributed by atoms with van der Waals surface area (Å²) < 4.78 is 46.4. The molecule has 0 bridgehead atoms. The van der Waals surface area contributed by atoms with E-state index >= 15 is 0 Å². The second kappa shape index (κ2) is 4.49. The number of halogens is 3. The summed E-state index contributed by atoms with van der Waals surface area (Å²) in [6.07, 6.45) is -4.59. The normalized spacial score (nSPS) is 15.6. The van der Waals surface area contributed by atoms with Crippen LogP contribution in [-0.4, -0.2) is 24.9 Å². The number of Topliss-reactive ketones (excluding diaryl/α,β-unsaturated/α-hetero) is 1. The van der Waals surface area contributed by atoms with E-state index in [1.807, 2.05) is 0 Å². The van der Waals surface area contributed by atoms with Gasteiger partial charge in [-0.15, -0.1) is 0 Å². The quantitative estimate of drug-likeness (QED) is 0.668. The summed E-state index contributed by atoms with van der Waals surface area (Å²) in [7, 11) is 0. The number of benzene rings is 1. The lowest BCUT2D eigenvalue weighted by Crippen LogP contribution is -2.43. The zero-order valence-electron chi connectivity index (χ0n) is 9.38. The van der Waals surface area contributed by atoms with Gasteiger partial charge in [-0.3, -0.25) is 4.79 Å². The highest BCUT2D eigenvalue weighted by Crippen LogP contribution is 2.32. The number of carbonyl (C=O) groups excluding carboxylic acids is 1. The lowest BCUT2D eigenvalue weighted by atomic mass is 10.1. The zero-order valence-corrected chi connectivity index (χ0v) is 9.38. The molecule has 2 rings (SSSR count). The summed E-state index contributed by atoms with van der Waals surface area (Å²) >= 11 is 0. The van der Waals surface area contributed by atoms with Gasteiger partial charge in [0.25, 0.3) is 0 Å². The van der Waals surface area contributed by atoms with Gasteiger partial charge in [0, 0.05) is 5.56 Å². The van der Waals surface area contributed by atoms with Crippen molar-refractivity contribution in [1.29, 1.82) is 0 Å². The van der Waals surface area contributed by atoms with Gasteiger partial charge >= 0.3 is 6.30 Å². The fraction of sp³-hybridized carbons (Fsp3) is 0.364. The van der Waals surface area contributed by atoms with E-state index in [9.17, 15) is 18.0 Å². The standard InChI is InChI=1S/C11H10F3NO3/c1-6(15-11(12,13)14)10(16)7-2-3-8-9(4-7)18-5-17-8/h2-4,6,15H,5H2,1H3. The molecule has 1 atom stereocenters. The number of ether oxygens (including phenoxy) is 2. The maximum absolute atomic E-state index is 12.1. The van der Waals surface area contributed by atoms with Crippen LogP contribution in [0.15, 0.2) is 18.2 Å². The van der Waals surface area contributed by atoms with E-state index in [0.717, 1.165) is 6.92 Å². The SMILES string of the molecule is CC(NC(F)(F)F)C(=O)c1ccc2c(c1)OCO2. The molecular weight excluding hydrogens is 251 g/mol. The monoisotopic (exact) mass is 261 g/mol. The zero-order chi connectivity index (χ0) is 13.3. The second-order valence-corrected chi connectivity index (χ2v) is 3.80. The van der Waals surface area contributed by atoms with Gasteiger partial charge < -0.3 is 9.47 Å². The molecule has 1 heterocycles. The van der Waals surface area contributed by atoms with Crippen molar-refractivity contribution in [2.45, 2.75) is 19.3 Å². The third-order valence-corrected chi connectivity index (χ3v) is 2.43. The molecule has 0 fully saturated rings. The predicted octanol–water partition coefficient (Wildman–Crippen LogP) is 2.10. The van der Waals surface area contributed by atoms with Crippen LogP contribution in [0.5, 0.6) is 11.5 Å². The Kier molecular flexibility index (Phi) is 3.16. The van der Waals surface area contributed by atoms with Crippen LogP contribution in [0.2, 0.25) is 0 Å². The molecule has 0 amide bonds. The molecule has 0 aliphatic carbocycles. The van der Waals surface area contributed by atoms with Crippen LogP contribution in [-0.2, 0) is 0 Å². The number of hydrogen-bond acceptors (Lipinski definition) is 4. The van der Waals surface area contributed by atoms with E-state index < -0.39 is 18.1 Å². The average molecular weight is 261 g/mol. The van der Waals surface area contributed by atoms with E-state index in [1.165, 1.54) is 23.5 Å². The molecule has 1 unspecified atom stereocenters.